The molecule has 1 saturated heterocycles. The molecule has 2 aromatic rings. The smallest absolute Gasteiger partial charge is 0.293 e. The summed E-state index contributed by atoms with van der Waals surface area (Å²) in [6.07, 6.45) is 1.62. The Labute approximate surface area is 173 Å². The first kappa shape index (κ1) is 19.1. The molecule has 134 valence electrons. The molecule has 1 aliphatic rings. The summed E-state index contributed by atoms with van der Waals surface area (Å²) in [4.78, 5) is 26.4. The van der Waals surface area contributed by atoms with Gasteiger partial charge in [-0.05, 0) is 75.8 Å². The van der Waals surface area contributed by atoms with Crippen molar-refractivity contribution in [2.75, 3.05) is 7.11 Å². The second-order valence-electron chi connectivity index (χ2n) is 5.45. The topological polar surface area (TPSA) is 66.8 Å². The number of imide groups is 1. The number of carbonyl (C=O) groups is 2. The minimum absolute atomic E-state index is 0.0427. The number of methoxy groups -OCH3 is 1. The van der Waals surface area contributed by atoms with Gasteiger partial charge in [-0.1, -0.05) is 23.7 Å². The number of amides is 2. The monoisotopic (exact) mass is 501 g/mol. The molecule has 1 fully saturated rings. The molecule has 2 amide bonds. The van der Waals surface area contributed by atoms with Crippen molar-refractivity contribution in [3.05, 3.63) is 61.0 Å². The van der Waals surface area contributed by atoms with E-state index in [2.05, 4.69) is 0 Å². The number of carbonyl (C=O) groups excluding carboxylic acids is 2. The predicted molar refractivity (Wildman–Crippen MR) is 110 cm³/mol. The molecule has 0 saturated carbocycles. The summed E-state index contributed by atoms with van der Waals surface area (Å²) < 4.78 is 5.72. The van der Waals surface area contributed by atoms with Crippen molar-refractivity contribution < 1.29 is 19.4 Å². The van der Waals surface area contributed by atoms with E-state index in [1.165, 1.54) is 12.0 Å². The van der Waals surface area contributed by atoms with Crippen molar-refractivity contribution in [2.45, 2.75) is 6.54 Å². The molecule has 1 heterocycles. The number of hydrogen-bond donors (Lipinski definition) is 1. The maximum absolute atomic E-state index is 12.6. The zero-order chi connectivity index (χ0) is 18.8. The van der Waals surface area contributed by atoms with Gasteiger partial charge in [0.05, 0.1) is 22.1 Å². The van der Waals surface area contributed by atoms with Crippen LogP contribution in [0.2, 0.25) is 5.02 Å². The third-order valence-corrected chi connectivity index (χ3v) is 5.68. The molecule has 0 atom stereocenters. The lowest BCUT2D eigenvalue weighted by Crippen LogP contribution is -2.27. The number of rotatable bonds is 4. The minimum atomic E-state index is -0.350. The Hall–Kier alpha value is -1.71. The lowest BCUT2D eigenvalue weighted by atomic mass is 10.1. The molecule has 0 bridgehead atoms. The predicted octanol–water partition coefficient (Wildman–Crippen LogP) is 4.90. The fourth-order valence-electron chi connectivity index (χ4n) is 2.39. The highest BCUT2D eigenvalue weighted by Crippen LogP contribution is 2.36. The average molecular weight is 502 g/mol. The van der Waals surface area contributed by atoms with Gasteiger partial charge in [-0.3, -0.25) is 14.5 Å². The minimum Gasteiger partial charge on any atom is -0.504 e. The fraction of sp³-hybridized carbons (Fsp3) is 0.111. The Morgan fingerprint density at radius 1 is 1.27 bits per heavy atom. The molecule has 0 spiro atoms. The molecule has 2 aromatic carbocycles. The second-order valence-corrected chi connectivity index (χ2v) is 8.04. The zero-order valence-electron chi connectivity index (χ0n) is 13.5. The lowest BCUT2D eigenvalue weighted by Gasteiger charge is -2.12. The number of nitrogens with zero attached hydrogens (tertiary/aromatic N) is 1. The number of ether oxygens (including phenoxy) is 1. The highest BCUT2D eigenvalue weighted by Gasteiger charge is 2.35. The average Bonchev–Trinajstić information content (AvgIpc) is 2.87. The van der Waals surface area contributed by atoms with Gasteiger partial charge in [-0.15, -0.1) is 0 Å². The highest BCUT2D eigenvalue weighted by atomic mass is 127. The summed E-state index contributed by atoms with van der Waals surface area (Å²) in [5.41, 5.74) is 1.49. The Kier molecular flexibility index (Phi) is 5.79. The molecule has 0 aliphatic carbocycles. The summed E-state index contributed by atoms with van der Waals surface area (Å²) >= 11 is 8.73. The SMILES string of the molecule is COc1cc(C=C2SC(=O)N(Cc3ccc(Cl)cc3)C2=O)cc(I)c1O. The van der Waals surface area contributed by atoms with Crippen molar-refractivity contribution in [1.82, 2.24) is 4.90 Å². The first-order valence-corrected chi connectivity index (χ1v) is 9.72. The van der Waals surface area contributed by atoms with Gasteiger partial charge in [0.2, 0.25) is 0 Å². The molecular weight excluding hydrogens is 489 g/mol. The number of thioether (sulfide) groups is 1. The van der Waals surface area contributed by atoms with E-state index >= 15 is 0 Å². The summed E-state index contributed by atoms with van der Waals surface area (Å²) in [6, 6.07) is 10.3. The number of aromatic hydroxyl groups is 1. The van der Waals surface area contributed by atoms with Crippen LogP contribution in [-0.2, 0) is 11.3 Å². The molecule has 3 rings (SSSR count). The first-order chi connectivity index (χ1) is 12.4. The van der Waals surface area contributed by atoms with E-state index in [1.54, 1.807) is 42.5 Å². The normalized spacial score (nSPS) is 15.8. The van der Waals surface area contributed by atoms with E-state index in [4.69, 9.17) is 16.3 Å². The molecule has 0 radical (unpaired) electrons. The Bertz CT molecular complexity index is 914. The first-order valence-electron chi connectivity index (χ1n) is 7.45. The molecule has 1 N–H and O–H groups in total. The van der Waals surface area contributed by atoms with Crippen molar-refractivity contribution in [3.63, 3.8) is 0 Å². The van der Waals surface area contributed by atoms with E-state index in [1.807, 2.05) is 22.6 Å². The van der Waals surface area contributed by atoms with Gasteiger partial charge >= 0.3 is 0 Å². The molecule has 26 heavy (non-hydrogen) atoms. The summed E-state index contributed by atoms with van der Waals surface area (Å²) in [5.74, 6) is 0.00151. The number of benzene rings is 2. The van der Waals surface area contributed by atoms with Crippen LogP contribution in [-0.4, -0.2) is 28.3 Å². The third kappa shape index (κ3) is 3.99. The zero-order valence-corrected chi connectivity index (χ0v) is 17.3. The Morgan fingerprint density at radius 3 is 2.62 bits per heavy atom. The van der Waals surface area contributed by atoms with Gasteiger partial charge in [-0.2, -0.15) is 0 Å². The van der Waals surface area contributed by atoms with Crippen molar-refractivity contribution in [2.24, 2.45) is 0 Å². The largest absolute Gasteiger partial charge is 0.504 e. The van der Waals surface area contributed by atoms with Gasteiger partial charge in [0.1, 0.15) is 0 Å². The molecule has 0 unspecified atom stereocenters. The summed E-state index contributed by atoms with van der Waals surface area (Å²) in [6.45, 7) is 0.190. The van der Waals surface area contributed by atoms with Crippen molar-refractivity contribution in [3.8, 4) is 11.5 Å². The highest BCUT2D eigenvalue weighted by molar-refractivity contribution is 14.1. The molecule has 0 aromatic heterocycles. The maximum Gasteiger partial charge on any atom is 0.293 e. The molecule has 1 aliphatic heterocycles. The molecular formula is C18H13ClINO4S. The number of phenolic OH excluding ortho intramolecular Hbond substituents is 1. The summed E-state index contributed by atoms with van der Waals surface area (Å²) in [7, 11) is 1.45. The van der Waals surface area contributed by atoms with Gasteiger partial charge in [-0.25, -0.2) is 0 Å². The lowest BCUT2D eigenvalue weighted by molar-refractivity contribution is -0.123. The number of halogens is 2. The van der Waals surface area contributed by atoms with Gasteiger partial charge < -0.3 is 9.84 Å². The van der Waals surface area contributed by atoms with E-state index < -0.39 is 0 Å². The molecule has 8 heteroatoms. The van der Waals surface area contributed by atoms with E-state index in [0.717, 1.165) is 17.3 Å². The quantitative estimate of drug-likeness (QED) is 0.477. The van der Waals surface area contributed by atoms with E-state index in [0.29, 0.717) is 24.8 Å². The van der Waals surface area contributed by atoms with Crippen molar-refractivity contribution in [1.29, 1.82) is 0 Å². The Morgan fingerprint density at radius 2 is 1.96 bits per heavy atom. The van der Waals surface area contributed by atoms with Crippen LogP contribution in [0.1, 0.15) is 11.1 Å². The van der Waals surface area contributed by atoms with Crippen LogP contribution in [0.15, 0.2) is 41.3 Å². The van der Waals surface area contributed by atoms with Gasteiger partial charge in [0, 0.05) is 5.02 Å². The van der Waals surface area contributed by atoms with Gasteiger partial charge in [0.25, 0.3) is 11.1 Å². The standard InChI is InChI=1S/C18H13ClINO4S/c1-25-14-7-11(6-13(20)16(14)22)8-15-17(23)21(18(24)26-15)9-10-2-4-12(19)5-3-10/h2-8,22H,9H2,1H3. The van der Waals surface area contributed by atoms with Gasteiger partial charge in [0.15, 0.2) is 11.5 Å². The van der Waals surface area contributed by atoms with Crippen LogP contribution >= 0.6 is 46.0 Å². The fourth-order valence-corrected chi connectivity index (χ4v) is 3.98. The number of hydrogen-bond acceptors (Lipinski definition) is 5. The van der Waals surface area contributed by atoms with Crippen LogP contribution in [0.4, 0.5) is 4.79 Å². The van der Waals surface area contributed by atoms with Crippen LogP contribution in [0.5, 0.6) is 11.5 Å². The van der Waals surface area contributed by atoms with Crippen molar-refractivity contribution >= 4 is 63.2 Å². The van der Waals surface area contributed by atoms with Crippen LogP contribution in [0.25, 0.3) is 6.08 Å². The van der Waals surface area contributed by atoms with E-state index in [9.17, 15) is 14.7 Å². The molecule has 5 nitrogen and oxygen atoms in total. The van der Waals surface area contributed by atoms with Crippen LogP contribution in [0.3, 0.4) is 0 Å². The summed E-state index contributed by atoms with van der Waals surface area (Å²) in [5, 5.41) is 10.2. The number of phenols is 1. The third-order valence-electron chi connectivity index (χ3n) is 3.70. The maximum atomic E-state index is 12.6. The Balaban J connectivity index is 1.85. The van der Waals surface area contributed by atoms with Crippen LogP contribution in [0, 0.1) is 3.57 Å². The van der Waals surface area contributed by atoms with Crippen LogP contribution < -0.4 is 4.74 Å². The second kappa shape index (κ2) is 7.89. The van der Waals surface area contributed by atoms with E-state index in [-0.39, 0.29) is 23.4 Å².